The molecular weight excluding hydrogens is 354 g/mol. The first-order valence-corrected chi connectivity index (χ1v) is 8.86. The normalized spacial score (nSPS) is 12.2. The molecule has 136 valence electrons. The van der Waals surface area contributed by atoms with E-state index in [1.165, 1.54) is 11.3 Å². The Kier molecular flexibility index (Phi) is 6.05. The number of nitriles is 1. The van der Waals surface area contributed by atoms with E-state index < -0.39 is 23.0 Å². The monoisotopic (exact) mass is 373 g/mol. The van der Waals surface area contributed by atoms with E-state index in [1.807, 2.05) is 6.92 Å². The first-order valence-electron chi connectivity index (χ1n) is 8.04. The minimum absolute atomic E-state index is 0.0170. The molecule has 0 saturated heterocycles. The molecule has 1 aromatic carbocycles. The van der Waals surface area contributed by atoms with Crippen molar-refractivity contribution < 1.29 is 19.1 Å². The van der Waals surface area contributed by atoms with Crippen molar-refractivity contribution in [3.05, 3.63) is 18.2 Å². The molecule has 1 N–H and O–H groups in total. The van der Waals surface area contributed by atoms with Crippen molar-refractivity contribution in [1.29, 1.82) is 5.26 Å². The number of aldehydes is 1. The molecule has 0 bridgehead atoms. The summed E-state index contributed by atoms with van der Waals surface area (Å²) in [5, 5.41) is 11.9. The summed E-state index contributed by atoms with van der Waals surface area (Å²) in [6.07, 6.45) is 0.656. The number of ketones is 1. The number of amides is 1. The van der Waals surface area contributed by atoms with Gasteiger partial charge in [-0.1, -0.05) is 25.2 Å². The number of anilines is 1. The lowest BCUT2D eigenvalue weighted by molar-refractivity contribution is -0.137. The van der Waals surface area contributed by atoms with Crippen molar-refractivity contribution >= 4 is 44.7 Å². The van der Waals surface area contributed by atoms with Crippen molar-refractivity contribution in [3.8, 4) is 11.8 Å². The average molecular weight is 373 g/mol. The number of nitrogens with one attached hydrogen (secondary N) is 1. The van der Waals surface area contributed by atoms with Crippen LogP contribution in [0, 0.1) is 22.7 Å². The zero-order valence-electron chi connectivity index (χ0n) is 14.7. The predicted molar refractivity (Wildman–Crippen MR) is 98.0 cm³/mol. The molecule has 0 aliphatic carbocycles. The lowest BCUT2D eigenvalue weighted by Gasteiger charge is -2.18. The second-order valence-corrected chi connectivity index (χ2v) is 7.42. The van der Waals surface area contributed by atoms with Gasteiger partial charge < -0.3 is 9.53 Å². The minimum Gasteiger partial charge on any atom is -0.494 e. The van der Waals surface area contributed by atoms with Crippen LogP contribution in [0.25, 0.3) is 10.2 Å². The Morgan fingerprint density at radius 2 is 2.19 bits per heavy atom. The lowest BCUT2D eigenvalue weighted by Crippen LogP contribution is -2.32. The molecule has 7 nitrogen and oxygen atoms in total. The average Bonchev–Trinajstić information content (AvgIpc) is 3.00. The highest BCUT2D eigenvalue weighted by atomic mass is 32.1. The van der Waals surface area contributed by atoms with Gasteiger partial charge in [0.1, 0.15) is 18.0 Å². The van der Waals surface area contributed by atoms with Crippen LogP contribution < -0.4 is 10.1 Å². The highest BCUT2D eigenvalue weighted by Gasteiger charge is 2.31. The standard InChI is InChI=1S/C18H19N3O4S/c1-4-25-12-5-6-13-14(7-12)26-17(20-13)21-16(24)15(23)11(9-19)8-18(2,3)10-22/h5-7,10-11H,4,8H2,1-3H3,(H,20,21,24). The fourth-order valence-corrected chi connectivity index (χ4v) is 3.19. The van der Waals surface area contributed by atoms with Gasteiger partial charge >= 0.3 is 0 Å². The fraction of sp³-hybridized carbons (Fsp3) is 0.389. The largest absolute Gasteiger partial charge is 0.494 e. The van der Waals surface area contributed by atoms with Crippen LogP contribution in [0.5, 0.6) is 5.75 Å². The van der Waals surface area contributed by atoms with Gasteiger partial charge in [-0.25, -0.2) is 4.98 Å². The molecule has 1 atom stereocenters. The molecule has 26 heavy (non-hydrogen) atoms. The molecule has 1 amide bonds. The van der Waals surface area contributed by atoms with E-state index in [4.69, 9.17) is 4.74 Å². The topological polar surface area (TPSA) is 109 Å². The summed E-state index contributed by atoms with van der Waals surface area (Å²) < 4.78 is 6.22. The maximum absolute atomic E-state index is 12.2. The van der Waals surface area contributed by atoms with Gasteiger partial charge in [-0.05, 0) is 31.5 Å². The Morgan fingerprint density at radius 3 is 2.81 bits per heavy atom. The molecule has 1 unspecified atom stereocenters. The summed E-state index contributed by atoms with van der Waals surface area (Å²) in [6, 6.07) is 7.14. The number of thiazole rings is 1. The Bertz CT molecular complexity index is 882. The van der Waals surface area contributed by atoms with Crippen molar-refractivity contribution in [1.82, 2.24) is 4.98 Å². The van der Waals surface area contributed by atoms with Gasteiger partial charge in [-0.2, -0.15) is 5.26 Å². The van der Waals surface area contributed by atoms with Crippen LogP contribution in [0.2, 0.25) is 0 Å². The number of nitrogens with zero attached hydrogens (tertiary/aromatic N) is 2. The van der Waals surface area contributed by atoms with Crippen molar-refractivity contribution in [2.45, 2.75) is 27.2 Å². The maximum atomic E-state index is 12.2. The Morgan fingerprint density at radius 1 is 1.46 bits per heavy atom. The second-order valence-electron chi connectivity index (χ2n) is 6.39. The molecule has 0 aliphatic heterocycles. The van der Waals surface area contributed by atoms with E-state index in [0.717, 1.165) is 4.70 Å². The minimum atomic E-state index is -1.19. The van der Waals surface area contributed by atoms with Crippen LogP contribution in [0.15, 0.2) is 18.2 Å². The number of Topliss-reactive ketones (excluding diaryl/α,β-unsaturated/α-hetero) is 1. The Labute approximate surface area is 155 Å². The van der Waals surface area contributed by atoms with Crippen molar-refractivity contribution in [3.63, 3.8) is 0 Å². The SMILES string of the molecule is CCOc1ccc2nc(NC(=O)C(=O)C(C#N)CC(C)(C)C=O)sc2c1. The van der Waals surface area contributed by atoms with Crippen LogP contribution in [0.3, 0.4) is 0 Å². The third-order valence-electron chi connectivity index (χ3n) is 3.64. The molecule has 0 spiro atoms. The summed E-state index contributed by atoms with van der Waals surface area (Å²) in [4.78, 5) is 39.7. The number of hydrogen-bond donors (Lipinski definition) is 1. The molecule has 2 aromatic rings. The zero-order chi connectivity index (χ0) is 19.3. The van der Waals surface area contributed by atoms with Crippen molar-refractivity contribution in [2.75, 3.05) is 11.9 Å². The number of aromatic nitrogens is 1. The fourth-order valence-electron chi connectivity index (χ4n) is 2.30. The number of carbonyl (C=O) groups is 3. The third-order valence-corrected chi connectivity index (χ3v) is 4.57. The first-order chi connectivity index (χ1) is 12.3. The molecule has 8 heteroatoms. The van der Waals surface area contributed by atoms with Gasteiger partial charge in [-0.3, -0.25) is 14.9 Å². The quantitative estimate of drug-likeness (QED) is 0.563. The van der Waals surface area contributed by atoms with E-state index in [2.05, 4.69) is 10.3 Å². The maximum Gasteiger partial charge on any atom is 0.294 e. The molecule has 0 aliphatic rings. The summed E-state index contributed by atoms with van der Waals surface area (Å²) in [6.45, 7) is 5.64. The smallest absolute Gasteiger partial charge is 0.294 e. The Balaban J connectivity index is 2.13. The molecule has 2 rings (SSSR count). The lowest BCUT2D eigenvalue weighted by atomic mass is 9.83. The number of rotatable bonds is 8. The highest BCUT2D eigenvalue weighted by molar-refractivity contribution is 7.22. The second kappa shape index (κ2) is 8.06. The van der Waals surface area contributed by atoms with E-state index in [1.54, 1.807) is 38.1 Å². The summed E-state index contributed by atoms with van der Waals surface area (Å²) >= 11 is 1.21. The number of ether oxygens (including phenoxy) is 1. The third kappa shape index (κ3) is 4.64. The van der Waals surface area contributed by atoms with Crippen LogP contribution in [0.1, 0.15) is 27.2 Å². The molecule has 1 aromatic heterocycles. The van der Waals surface area contributed by atoms with Crippen LogP contribution in [-0.2, 0) is 14.4 Å². The zero-order valence-corrected chi connectivity index (χ0v) is 15.6. The number of carbonyl (C=O) groups excluding carboxylic acids is 3. The number of fused-ring (bicyclic) bond motifs is 1. The van der Waals surface area contributed by atoms with E-state index in [0.29, 0.717) is 24.2 Å². The van der Waals surface area contributed by atoms with Gasteiger partial charge in [0.15, 0.2) is 5.13 Å². The van der Waals surface area contributed by atoms with Crippen LogP contribution in [0.4, 0.5) is 5.13 Å². The predicted octanol–water partition coefficient (Wildman–Crippen LogP) is 2.96. The van der Waals surface area contributed by atoms with Gasteiger partial charge in [-0.15, -0.1) is 0 Å². The van der Waals surface area contributed by atoms with Crippen molar-refractivity contribution in [2.24, 2.45) is 11.3 Å². The van der Waals surface area contributed by atoms with Crippen LogP contribution in [-0.4, -0.2) is 29.6 Å². The molecule has 1 heterocycles. The van der Waals surface area contributed by atoms with Gasteiger partial charge in [0.05, 0.1) is 22.9 Å². The number of hydrogen-bond acceptors (Lipinski definition) is 7. The Hall–Kier alpha value is -2.79. The summed E-state index contributed by atoms with van der Waals surface area (Å²) in [7, 11) is 0. The summed E-state index contributed by atoms with van der Waals surface area (Å²) in [5.41, 5.74) is -0.192. The molecule has 0 saturated carbocycles. The first kappa shape index (κ1) is 19.5. The van der Waals surface area contributed by atoms with Gasteiger partial charge in [0.2, 0.25) is 5.78 Å². The number of benzene rings is 1. The van der Waals surface area contributed by atoms with E-state index in [9.17, 15) is 19.6 Å². The van der Waals surface area contributed by atoms with Gasteiger partial charge in [0.25, 0.3) is 5.91 Å². The summed E-state index contributed by atoms with van der Waals surface area (Å²) in [5.74, 6) is -2.29. The molecule has 0 fully saturated rings. The van der Waals surface area contributed by atoms with Crippen LogP contribution >= 0.6 is 11.3 Å². The van der Waals surface area contributed by atoms with E-state index in [-0.39, 0.29) is 11.6 Å². The van der Waals surface area contributed by atoms with Gasteiger partial charge in [0, 0.05) is 5.41 Å². The highest BCUT2D eigenvalue weighted by Crippen LogP contribution is 2.29. The molecule has 0 radical (unpaired) electrons. The van der Waals surface area contributed by atoms with E-state index >= 15 is 0 Å². The molecular formula is C18H19N3O4S.